The van der Waals surface area contributed by atoms with E-state index in [1.54, 1.807) is 16.2 Å². The molecule has 1 aromatic heterocycles. The van der Waals surface area contributed by atoms with Gasteiger partial charge < -0.3 is 9.80 Å². The highest BCUT2D eigenvalue weighted by atomic mass is 32.1. The van der Waals surface area contributed by atoms with Gasteiger partial charge in [-0.25, -0.2) is 0 Å². The monoisotopic (exact) mass is 412 g/mol. The Hall–Kier alpha value is -2.14. The standard InChI is InChI=1S/C24H32N2O2S/c1-6-13-25(23(28)24(3,4)5)16-21(27)26-14-11-20-19(12-15-29-20)22(26)18-10-8-7-9-17(18)2/h7-10,12,15,22H,6,11,13-14,16H2,1-5H3. The number of thiophene rings is 1. The van der Waals surface area contributed by atoms with Crippen molar-refractivity contribution in [2.75, 3.05) is 19.6 Å². The van der Waals surface area contributed by atoms with Crippen molar-refractivity contribution in [3.05, 3.63) is 57.3 Å². The molecule has 0 saturated carbocycles. The average molecular weight is 413 g/mol. The van der Waals surface area contributed by atoms with Gasteiger partial charge in [0, 0.05) is 23.4 Å². The van der Waals surface area contributed by atoms with E-state index >= 15 is 0 Å². The summed E-state index contributed by atoms with van der Waals surface area (Å²) >= 11 is 1.77. The molecule has 0 N–H and O–H groups in total. The predicted molar refractivity (Wildman–Crippen MR) is 119 cm³/mol. The van der Waals surface area contributed by atoms with Crippen LogP contribution in [-0.4, -0.2) is 41.2 Å². The van der Waals surface area contributed by atoms with E-state index in [4.69, 9.17) is 0 Å². The minimum atomic E-state index is -0.493. The van der Waals surface area contributed by atoms with Crippen LogP contribution in [0.3, 0.4) is 0 Å². The Labute approximate surface area is 178 Å². The lowest BCUT2D eigenvalue weighted by Crippen LogP contribution is -2.49. The van der Waals surface area contributed by atoms with Gasteiger partial charge in [-0.2, -0.15) is 0 Å². The fourth-order valence-corrected chi connectivity index (χ4v) is 4.97. The van der Waals surface area contributed by atoms with Crippen molar-refractivity contribution in [2.45, 2.75) is 53.5 Å². The van der Waals surface area contributed by atoms with Gasteiger partial charge in [0.15, 0.2) is 0 Å². The summed E-state index contributed by atoms with van der Waals surface area (Å²) in [7, 11) is 0. The van der Waals surface area contributed by atoms with Gasteiger partial charge in [0.1, 0.15) is 0 Å². The van der Waals surface area contributed by atoms with Crippen LogP contribution in [0.5, 0.6) is 0 Å². The van der Waals surface area contributed by atoms with E-state index in [9.17, 15) is 9.59 Å². The Kier molecular flexibility index (Phi) is 6.47. The number of aryl methyl sites for hydroxylation is 1. The van der Waals surface area contributed by atoms with Crippen molar-refractivity contribution < 1.29 is 9.59 Å². The zero-order valence-electron chi connectivity index (χ0n) is 18.2. The molecule has 1 aromatic carbocycles. The zero-order chi connectivity index (χ0) is 21.2. The first-order valence-electron chi connectivity index (χ1n) is 10.4. The summed E-state index contributed by atoms with van der Waals surface area (Å²) in [6, 6.07) is 10.4. The van der Waals surface area contributed by atoms with Gasteiger partial charge in [0.2, 0.25) is 11.8 Å². The number of amides is 2. The van der Waals surface area contributed by atoms with Gasteiger partial charge in [-0.3, -0.25) is 9.59 Å². The first-order chi connectivity index (χ1) is 13.7. The predicted octanol–water partition coefficient (Wildman–Crippen LogP) is 4.82. The summed E-state index contributed by atoms with van der Waals surface area (Å²) in [4.78, 5) is 31.4. The maximum absolute atomic E-state index is 13.5. The Morgan fingerprint density at radius 1 is 1.17 bits per heavy atom. The first-order valence-corrected chi connectivity index (χ1v) is 11.3. The van der Waals surface area contributed by atoms with Crippen molar-refractivity contribution in [2.24, 2.45) is 5.41 Å². The summed E-state index contributed by atoms with van der Waals surface area (Å²) in [5, 5.41) is 2.12. The Bertz CT molecular complexity index is 881. The van der Waals surface area contributed by atoms with Crippen LogP contribution in [0.1, 0.15) is 61.7 Å². The number of nitrogens with zero attached hydrogens (tertiary/aromatic N) is 2. The van der Waals surface area contributed by atoms with E-state index in [0.29, 0.717) is 13.1 Å². The van der Waals surface area contributed by atoms with Crippen LogP contribution in [0.2, 0.25) is 0 Å². The van der Waals surface area contributed by atoms with Crippen molar-refractivity contribution in [1.82, 2.24) is 9.80 Å². The van der Waals surface area contributed by atoms with Crippen molar-refractivity contribution >= 4 is 23.2 Å². The van der Waals surface area contributed by atoms with E-state index in [-0.39, 0.29) is 24.4 Å². The number of carbonyl (C=O) groups excluding carboxylic acids is 2. The van der Waals surface area contributed by atoms with E-state index in [1.807, 2.05) is 44.7 Å². The van der Waals surface area contributed by atoms with E-state index < -0.39 is 5.41 Å². The van der Waals surface area contributed by atoms with Crippen molar-refractivity contribution in [3.63, 3.8) is 0 Å². The zero-order valence-corrected chi connectivity index (χ0v) is 19.0. The fraction of sp³-hybridized carbons (Fsp3) is 0.500. The molecule has 4 nitrogen and oxygen atoms in total. The molecule has 0 saturated heterocycles. The molecular weight excluding hydrogens is 380 g/mol. The molecule has 0 radical (unpaired) electrons. The minimum absolute atomic E-state index is 0.0288. The van der Waals surface area contributed by atoms with Crippen LogP contribution in [0, 0.1) is 12.3 Å². The smallest absolute Gasteiger partial charge is 0.242 e. The Balaban J connectivity index is 1.92. The Morgan fingerprint density at radius 3 is 2.55 bits per heavy atom. The molecule has 0 spiro atoms. The van der Waals surface area contributed by atoms with E-state index in [1.165, 1.54) is 21.6 Å². The molecule has 1 aliphatic rings. The number of hydrogen-bond acceptors (Lipinski definition) is 3. The molecule has 0 bridgehead atoms. The fourth-order valence-electron chi connectivity index (χ4n) is 4.06. The minimum Gasteiger partial charge on any atom is -0.333 e. The number of benzene rings is 1. The maximum atomic E-state index is 13.5. The summed E-state index contributed by atoms with van der Waals surface area (Å²) in [5.74, 6) is 0.0644. The number of fused-ring (bicyclic) bond motifs is 1. The first kappa shape index (κ1) is 21.6. The highest BCUT2D eigenvalue weighted by molar-refractivity contribution is 7.10. The highest BCUT2D eigenvalue weighted by Gasteiger charge is 2.35. The molecule has 2 aromatic rings. The topological polar surface area (TPSA) is 40.6 Å². The largest absolute Gasteiger partial charge is 0.333 e. The molecule has 1 atom stereocenters. The van der Waals surface area contributed by atoms with Crippen LogP contribution in [0.25, 0.3) is 0 Å². The number of carbonyl (C=O) groups is 2. The molecule has 5 heteroatoms. The molecule has 2 heterocycles. The third kappa shape index (κ3) is 4.55. The van der Waals surface area contributed by atoms with E-state index in [2.05, 4.69) is 30.5 Å². The second-order valence-electron chi connectivity index (χ2n) is 8.87. The normalized spacial score (nSPS) is 16.4. The van der Waals surface area contributed by atoms with Gasteiger partial charge in [0.05, 0.1) is 12.6 Å². The second kappa shape index (κ2) is 8.70. The number of rotatable bonds is 5. The SMILES string of the molecule is CCCN(CC(=O)N1CCc2sccc2C1c1ccccc1C)C(=O)C(C)(C)C. The maximum Gasteiger partial charge on any atom is 0.242 e. The molecule has 3 rings (SSSR count). The van der Waals surface area contributed by atoms with E-state index in [0.717, 1.165) is 12.8 Å². The van der Waals surface area contributed by atoms with Gasteiger partial charge in [-0.1, -0.05) is 52.0 Å². The van der Waals surface area contributed by atoms with Crippen LogP contribution in [0.4, 0.5) is 0 Å². The van der Waals surface area contributed by atoms with Gasteiger partial charge in [-0.15, -0.1) is 11.3 Å². The molecule has 0 aliphatic carbocycles. The number of hydrogen-bond donors (Lipinski definition) is 0. The molecule has 1 aliphatic heterocycles. The summed E-state index contributed by atoms with van der Waals surface area (Å²) in [6.07, 6.45) is 1.72. The Morgan fingerprint density at radius 2 is 1.90 bits per heavy atom. The summed E-state index contributed by atoms with van der Waals surface area (Å²) in [5.41, 5.74) is 3.09. The molecule has 0 fully saturated rings. The third-order valence-electron chi connectivity index (χ3n) is 5.52. The molecule has 2 amide bonds. The van der Waals surface area contributed by atoms with Gasteiger partial charge in [0.25, 0.3) is 0 Å². The molecule has 29 heavy (non-hydrogen) atoms. The lowest BCUT2D eigenvalue weighted by molar-refractivity contribution is -0.146. The van der Waals surface area contributed by atoms with Crippen LogP contribution < -0.4 is 0 Å². The van der Waals surface area contributed by atoms with Crippen LogP contribution in [-0.2, 0) is 16.0 Å². The van der Waals surface area contributed by atoms with Gasteiger partial charge in [-0.05, 0) is 47.9 Å². The lowest BCUT2D eigenvalue weighted by atomic mass is 9.90. The highest BCUT2D eigenvalue weighted by Crippen LogP contribution is 2.39. The van der Waals surface area contributed by atoms with Gasteiger partial charge >= 0.3 is 0 Å². The summed E-state index contributed by atoms with van der Waals surface area (Å²) in [6.45, 7) is 11.3. The molecule has 156 valence electrons. The van der Waals surface area contributed by atoms with Crippen molar-refractivity contribution in [1.29, 1.82) is 0 Å². The lowest BCUT2D eigenvalue weighted by Gasteiger charge is -2.39. The van der Waals surface area contributed by atoms with Crippen LogP contribution in [0.15, 0.2) is 35.7 Å². The molecule has 1 unspecified atom stereocenters. The average Bonchev–Trinajstić information content (AvgIpc) is 3.15. The van der Waals surface area contributed by atoms with Crippen molar-refractivity contribution in [3.8, 4) is 0 Å². The van der Waals surface area contributed by atoms with Crippen LogP contribution >= 0.6 is 11.3 Å². The molecular formula is C24H32N2O2S. The second-order valence-corrected chi connectivity index (χ2v) is 9.87. The summed E-state index contributed by atoms with van der Waals surface area (Å²) < 4.78 is 0. The third-order valence-corrected chi connectivity index (χ3v) is 6.51. The quantitative estimate of drug-likeness (QED) is 0.707.